The summed E-state index contributed by atoms with van der Waals surface area (Å²) in [5.41, 5.74) is 12.9. The van der Waals surface area contributed by atoms with Gasteiger partial charge in [0.15, 0.2) is 0 Å². The van der Waals surface area contributed by atoms with Crippen molar-refractivity contribution in [1.82, 2.24) is 34.7 Å². The second-order valence-electron chi connectivity index (χ2n) is 16.9. The molecule has 0 aliphatic carbocycles. The third-order valence-corrected chi connectivity index (χ3v) is 12.3. The number of pyridine rings is 1. The summed E-state index contributed by atoms with van der Waals surface area (Å²) in [5.74, 6) is 3.61. The average Bonchev–Trinajstić information content (AvgIpc) is 4.32. The van der Waals surface area contributed by atoms with Crippen LogP contribution in [0.2, 0.25) is 0 Å². The summed E-state index contributed by atoms with van der Waals surface area (Å²) in [4.78, 5) is 4.02. The van der Waals surface area contributed by atoms with E-state index in [2.05, 4.69) is 166 Å². The van der Waals surface area contributed by atoms with Crippen LogP contribution in [0.15, 0.2) is 231 Å². The summed E-state index contributed by atoms with van der Waals surface area (Å²) in [5, 5.41) is 14.0. The number of rotatable bonds is 13. The molecule has 0 aliphatic heterocycles. The Labute approximate surface area is 466 Å². The van der Waals surface area contributed by atoms with Gasteiger partial charge in [-0.1, -0.05) is 127 Å². The van der Waals surface area contributed by atoms with Gasteiger partial charge in [0, 0.05) is 37.8 Å². The normalized spacial score (nSPS) is 10.5. The number of tetrazole rings is 1. The van der Waals surface area contributed by atoms with Crippen molar-refractivity contribution in [3.63, 3.8) is 0 Å². The molecule has 1 radical (unpaired) electrons. The summed E-state index contributed by atoms with van der Waals surface area (Å²) < 4.78 is 29.7. The molecular weight excluding hydrogens is 1150 g/mol. The topological polar surface area (TPSA) is 120 Å². The summed E-state index contributed by atoms with van der Waals surface area (Å²) >= 11 is 0. The zero-order valence-electron chi connectivity index (χ0n) is 42.9. The minimum absolute atomic E-state index is 0. The van der Waals surface area contributed by atoms with Crippen LogP contribution in [0.5, 0.6) is 23.0 Å². The predicted molar refractivity (Wildman–Crippen MR) is 294 cm³/mol. The van der Waals surface area contributed by atoms with Crippen molar-refractivity contribution in [3.8, 4) is 102 Å². The van der Waals surface area contributed by atoms with Crippen molar-refractivity contribution in [3.05, 3.63) is 255 Å². The Morgan fingerprint density at radius 1 is 0.423 bits per heavy atom. The number of nitrogens with zero attached hydrogens (tertiary/aromatic N) is 9. The van der Waals surface area contributed by atoms with Crippen LogP contribution in [0, 0.1) is 24.8 Å². The van der Waals surface area contributed by atoms with Gasteiger partial charge in [-0.2, -0.15) is 29.5 Å². The molecule has 0 spiro atoms. The fraction of sp³-hybridized carbons (Fsp3) is 0.0625. The Balaban J connectivity index is 0.000000157. The quantitative estimate of drug-likeness (QED) is 0.0821. The van der Waals surface area contributed by atoms with E-state index < -0.39 is 0 Å². The summed E-state index contributed by atoms with van der Waals surface area (Å²) in [6.07, 6.45) is 8.82. The van der Waals surface area contributed by atoms with E-state index in [0.717, 1.165) is 90.8 Å². The zero-order valence-corrected chi connectivity index (χ0v) is 45.3. The number of hydrogen-bond acceptors (Lipinski definition) is 8. The van der Waals surface area contributed by atoms with Gasteiger partial charge in [-0.3, -0.25) is 24.4 Å². The van der Waals surface area contributed by atoms with E-state index in [1.807, 2.05) is 121 Å². The largest absolute Gasteiger partial charge is 0.554 e. The minimum atomic E-state index is 0. The van der Waals surface area contributed by atoms with Gasteiger partial charge < -0.3 is 33.2 Å². The van der Waals surface area contributed by atoms with Crippen LogP contribution in [0.25, 0.3) is 79.3 Å². The van der Waals surface area contributed by atoms with E-state index >= 15 is 0 Å². The molecule has 12 aromatic rings. The SMILES string of the molecule is COc1c[c-]c(-n2[c-][n+](-c3ccc(OC)cc3)c(-c3ccccc3)c2-c2ccccc2)cc1.COc1c[c-]c(-n2[c-][n+](-c3ccc(OC)cc3)c(-c3ccccc3)c2-c2ccccc2)cc1.[Ir].c1ccc(-c2nnn[n-]2)nc1. The van der Waals surface area contributed by atoms with Gasteiger partial charge in [-0.15, -0.1) is 24.3 Å². The predicted octanol–water partition coefficient (Wildman–Crippen LogP) is 11.3. The van der Waals surface area contributed by atoms with Crippen molar-refractivity contribution >= 4 is 0 Å². The monoisotopic (exact) mass is 1200 g/mol. The van der Waals surface area contributed by atoms with Crippen molar-refractivity contribution < 1.29 is 48.2 Å². The minimum Gasteiger partial charge on any atom is -0.554 e. The third kappa shape index (κ3) is 12.0. The summed E-state index contributed by atoms with van der Waals surface area (Å²) in [7, 11) is 6.66. The fourth-order valence-electron chi connectivity index (χ4n) is 8.53. The maximum absolute atomic E-state index is 5.37. The van der Waals surface area contributed by atoms with Gasteiger partial charge >= 0.3 is 0 Å². The van der Waals surface area contributed by atoms with Crippen molar-refractivity contribution in [2.24, 2.45) is 0 Å². The van der Waals surface area contributed by atoms with E-state index in [1.54, 1.807) is 40.7 Å². The molecule has 0 amide bonds. The molecule has 0 aliphatic rings. The maximum atomic E-state index is 5.37. The number of benzene rings is 8. The van der Waals surface area contributed by atoms with Gasteiger partial charge in [-0.05, 0) is 94.3 Å². The molecule has 14 heteroatoms. The zero-order chi connectivity index (χ0) is 52.8. The smallest absolute Gasteiger partial charge is 0.268 e. The van der Waals surface area contributed by atoms with Crippen LogP contribution in [0.4, 0.5) is 0 Å². The van der Waals surface area contributed by atoms with Gasteiger partial charge in [0.1, 0.15) is 11.5 Å². The molecule has 0 bridgehead atoms. The molecule has 0 N–H and O–H groups in total. The molecule has 12 rings (SSSR count). The Morgan fingerprint density at radius 3 is 1.14 bits per heavy atom. The number of hydrogen-bond donors (Lipinski definition) is 0. The first kappa shape index (κ1) is 53.1. The standard InChI is InChI=1S/2C29H23N2O2.C6H4N5.Ir/c2*1-32-26-17-13-24(14-18-26)30-21-31(25-15-19-27(33-2)20-16-25)29(23-11-7-4-8-12-23)28(30)22-9-5-3-6-10-22;1-2-4-7-5(3-1)6-8-10-11-9-6;/h2*3-15,17-20H,1-2H3;1-4H;/q3*-1;. The summed E-state index contributed by atoms with van der Waals surface area (Å²) in [6.45, 7) is 0. The average molecular weight is 1200 g/mol. The van der Waals surface area contributed by atoms with Crippen LogP contribution in [-0.2, 0) is 20.1 Å². The number of ether oxygens (including phenoxy) is 4. The van der Waals surface area contributed by atoms with Crippen molar-refractivity contribution in [2.75, 3.05) is 28.4 Å². The molecule has 0 atom stereocenters. The molecule has 0 saturated carbocycles. The molecule has 387 valence electrons. The van der Waals surface area contributed by atoms with Crippen molar-refractivity contribution in [2.45, 2.75) is 0 Å². The fourth-order valence-corrected chi connectivity index (χ4v) is 8.53. The van der Waals surface area contributed by atoms with E-state index in [4.69, 9.17) is 18.9 Å². The van der Waals surface area contributed by atoms with Crippen LogP contribution in [0.3, 0.4) is 0 Å². The molecule has 8 aromatic carbocycles. The Bertz CT molecular complexity index is 3310. The van der Waals surface area contributed by atoms with Crippen molar-refractivity contribution in [1.29, 1.82) is 0 Å². The molecule has 4 aromatic heterocycles. The number of methoxy groups -OCH3 is 4. The van der Waals surface area contributed by atoms with Gasteiger partial charge in [0.25, 0.3) is 12.7 Å². The van der Waals surface area contributed by atoms with E-state index in [1.165, 1.54) is 0 Å². The van der Waals surface area contributed by atoms with E-state index in [-0.39, 0.29) is 20.1 Å². The van der Waals surface area contributed by atoms with Gasteiger partial charge in [0.05, 0.1) is 74.1 Å². The van der Waals surface area contributed by atoms with E-state index in [0.29, 0.717) is 11.5 Å². The Hall–Kier alpha value is -9.75. The van der Waals surface area contributed by atoms with Crippen LogP contribution in [-0.4, -0.2) is 58.1 Å². The summed E-state index contributed by atoms with van der Waals surface area (Å²) in [6, 6.07) is 81.3. The van der Waals surface area contributed by atoms with Gasteiger partial charge in [-0.25, -0.2) is 0 Å². The first-order valence-electron chi connectivity index (χ1n) is 24.5. The maximum Gasteiger partial charge on any atom is 0.268 e. The molecule has 78 heavy (non-hydrogen) atoms. The molecule has 13 nitrogen and oxygen atoms in total. The van der Waals surface area contributed by atoms with Crippen LogP contribution in [0.1, 0.15) is 0 Å². The molecule has 0 saturated heterocycles. The van der Waals surface area contributed by atoms with Crippen LogP contribution >= 0.6 is 0 Å². The Kier molecular flexibility index (Phi) is 17.5. The Morgan fingerprint density at radius 2 is 0.808 bits per heavy atom. The van der Waals surface area contributed by atoms with Crippen LogP contribution < -0.4 is 33.2 Å². The molecule has 0 unspecified atom stereocenters. The second-order valence-corrected chi connectivity index (χ2v) is 16.9. The first-order chi connectivity index (χ1) is 38.0. The molecule has 0 fully saturated rings. The molecular formula is C64H50IrN9O4-3. The number of imidazole rings is 2. The molecule has 4 heterocycles. The third-order valence-electron chi connectivity index (χ3n) is 12.3. The number of aromatic nitrogens is 9. The van der Waals surface area contributed by atoms with E-state index in [9.17, 15) is 0 Å². The first-order valence-corrected chi connectivity index (χ1v) is 24.5. The van der Waals surface area contributed by atoms with Gasteiger partial charge in [0.2, 0.25) is 0 Å². The second kappa shape index (κ2) is 25.7.